The molecule has 0 spiro atoms. The number of allylic oxidation sites excluding steroid dienone is 1. The number of carbonyl (C=O) groups excluding carboxylic acids is 2. The highest BCUT2D eigenvalue weighted by Gasteiger charge is 2.12. The topological polar surface area (TPSA) is 94.0 Å². The van der Waals surface area contributed by atoms with Crippen LogP contribution in [0, 0.1) is 11.3 Å². The van der Waals surface area contributed by atoms with Crippen LogP contribution in [0.2, 0.25) is 0 Å². The maximum absolute atomic E-state index is 12.4. The van der Waals surface area contributed by atoms with Crippen molar-refractivity contribution in [1.29, 1.82) is 5.26 Å². The van der Waals surface area contributed by atoms with Crippen LogP contribution in [0.4, 0.5) is 0 Å². The van der Waals surface area contributed by atoms with E-state index in [0.29, 0.717) is 5.56 Å². The number of nitriles is 1. The molecule has 2 aromatic rings. The Kier molecular flexibility index (Phi) is 5.60. The summed E-state index contributed by atoms with van der Waals surface area (Å²) in [6.07, 6.45) is 1.20. The van der Waals surface area contributed by atoms with Gasteiger partial charge < -0.3 is 5.32 Å². The molecule has 2 rings (SSSR count). The lowest BCUT2D eigenvalue weighted by Crippen LogP contribution is -2.44. The Bertz CT molecular complexity index is 884. The number of benzene rings is 2. The molecule has 0 saturated carbocycles. The normalized spacial score (nSPS) is 10.6. The summed E-state index contributed by atoms with van der Waals surface area (Å²) in [7, 11) is 0. The number of rotatable bonds is 3. The van der Waals surface area contributed by atoms with Gasteiger partial charge in [-0.1, -0.05) is 36.4 Å². The van der Waals surface area contributed by atoms with E-state index in [4.69, 9.17) is 12.2 Å². The number of fused-ring (bicyclic) bond motifs is 1. The number of amides is 1. The van der Waals surface area contributed by atoms with Crippen LogP contribution in [0.15, 0.2) is 54.2 Å². The first-order valence-electron chi connectivity index (χ1n) is 6.98. The van der Waals surface area contributed by atoms with Gasteiger partial charge in [-0.3, -0.25) is 20.4 Å². The molecule has 0 aliphatic heterocycles. The Morgan fingerprint density at radius 3 is 2.50 bits per heavy atom. The highest BCUT2D eigenvalue weighted by atomic mass is 32.1. The van der Waals surface area contributed by atoms with Crippen LogP contribution in [-0.4, -0.2) is 16.8 Å². The molecular formula is C17H14N4O2S. The third kappa shape index (κ3) is 4.38. The van der Waals surface area contributed by atoms with E-state index < -0.39 is 5.78 Å². The molecule has 0 aliphatic carbocycles. The van der Waals surface area contributed by atoms with Gasteiger partial charge in [0, 0.05) is 18.7 Å². The zero-order chi connectivity index (χ0) is 17.5. The monoisotopic (exact) mass is 338 g/mol. The Morgan fingerprint density at radius 2 is 1.83 bits per heavy atom. The number of Topliss-reactive ketones (excluding diaryl/α,β-unsaturated/α-hetero) is 1. The summed E-state index contributed by atoms with van der Waals surface area (Å²) in [5, 5.41) is 13.7. The molecule has 1 amide bonds. The minimum Gasteiger partial charge on any atom is -0.336 e. The Morgan fingerprint density at radius 1 is 1.12 bits per heavy atom. The van der Waals surface area contributed by atoms with Gasteiger partial charge in [-0.15, -0.1) is 0 Å². The van der Waals surface area contributed by atoms with Crippen LogP contribution in [0.25, 0.3) is 10.8 Å². The number of hydrogen-bond acceptors (Lipinski definition) is 4. The molecule has 3 N–H and O–H groups in total. The smallest absolute Gasteiger partial charge is 0.235 e. The van der Waals surface area contributed by atoms with Gasteiger partial charge in [0.05, 0.1) is 0 Å². The summed E-state index contributed by atoms with van der Waals surface area (Å²) < 4.78 is 0. The molecule has 24 heavy (non-hydrogen) atoms. The van der Waals surface area contributed by atoms with E-state index >= 15 is 0 Å². The predicted octanol–water partition coefficient (Wildman–Crippen LogP) is 1.95. The number of ketones is 1. The van der Waals surface area contributed by atoms with Crippen molar-refractivity contribution in [2.24, 2.45) is 0 Å². The van der Waals surface area contributed by atoms with Gasteiger partial charge in [0.15, 0.2) is 5.11 Å². The largest absolute Gasteiger partial charge is 0.336 e. The maximum atomic E-state index is 12.4. The number of hydrazine groups is 1. The number of nitrogens with one attached hydrogen (secondary N) is 3. The lowest BCUT2D eigenvalue weighted by atomic mass is 10.0. The zero-order valence-corrected chi connectivity index (χ0v) is 13.6. The first-order chi connectivity index (χ1) is 11.5. The van der Waals surface area contributed by atoms with Crippen LogP contribution < -0.4 is 16.2 Å². The Labute approximate surface area is 144 Å². The van der Waals surface area contributed by atoms with Crippen LogP contribution >= 0.6 is 12.2 Å². The lowest BCUT2D eigenvalue weighted by molar-refractivity contribution is -0.119. The van der Waals surface area contributed by atoms with Crippen molar-refractivity contribution in [3.05, 3.63) is 59.8 Å². The number of nitrogens with zero attached hydrogens (tertiary/aromatic N) is 1. The second-order valence-electron chi connectivity index (χ2n) is 4.84. The first kappa shape index (κ1) is 17.1. The van der Waals surface area contributed by atoms with E-state index in [0.717, 1.165) is 10.8 Å². The quantitative estimate of drug-likeness (QED) is 0.260. The molecular weight excluding hydrogens is 324 g/mol. The second-order valence-corrected chi connectivity index (χ2v) is 5.25. The molecule has 120 valence electrons. The van der Waals surface area contributed by atoms with Gasteiger partial charge in [-0.05, 0) is 29.1 Å². The van der Waals surface area contributed by atoms with E-state index in [2.05, 4.69) is 16.2 Å². The lowest BCUT2D eigenvalue weighted by Gasteiger charge is -2.07. The van der Waals surface area contributed by atoms with E-state index in [1.165, 1.54) is 13.1 Å². The first-order valence-corrected chi connectivity index (χ1v) is 7.39. The van der Waals surface area contributed by atoms with E-state index in [1.54, 1.807) is 12.1 Å². The molecule has 0 aromatic heterocycles. The molecule has 2 aromatic carbocycles. The summed E-state index contributed by atoms with van der Waals surface area (Å²) >= 11 is 4.90. The van der Waals surface area contributed by atoms with Gasteiger partial charge in [0.25, 0.3) is 0 Å². The number of thiocarbonyl (C=S) groups is 1. The summed E-state index contributed by atoms with van der Waals surface area (Å²) in [5.41, 5.74) is 5.01. The Hall–Kier alpha value is -3.24. The summed E-state index contributed by atoms with van der Waals surface area (Å²) in [4.78, 5) is 23.2. The van der Waals surface area contributed by atoms with Crippen LogP contribution in [0.5, 0.6) is 0 Å². The van der Waals surface area contributed by atoms with Gasteiger partial charge in [-0.25, -0.2) is 0 Å². The van der Waals surface area contributed by atoms with Gasteiger partial charge in [0.1, 0.15) is 11.6 Å². The fourth-order valence-electron chi connectivity index (χ4n) is 1.95. The number of carbonyl (C=O) groups is 2. The molecule has 0 unspecified atom stereocenters. The zero-order valence-electron chi connectivity index (χ0n) is 12.8. The van der Waals surface area contributed by atoms with Gasteiger partial charge in [-0.2, -0.15) is 5.26 Å². The van der Waals surface area contributed by atoms with Gasteiger partial charge >= 0.3 is 0 Å². The van der Waals surface area contributed by atoms with Crippen molar-refractivity contribution in [1.82, 2.24) is 16.2 Å². The Balaban J connectivity index is 2.15. The minimum atomic E-state index is -0.418. The molecule has 0 saturated heterocycles. The maximum Gasteiger partial charge on any atom is 0.235 e. The second kappa shape index (κ2) is 7.85. The van der Waals surface area contributed by atoms with E-state index in [-0.39, 0.29) is 16.6 Å². The van der Waals surface area contributed by atoms with Crippen molar-refractivity contribution < 1.29 is 9.59 Å². The SMILES string of the molecule is CC(=O)NNC(=S)NC=C(C#N)C(=O)c1ccc2ccccc2c1. The molecule has 0 atom stereocenters. The highest BCUT2D eigenvalue weighted by molar-refractivity contribution is 7.80. The summed E-state index contributed by atoms with van der Waals surface area (Å²) in [5.74, 6) is -0.742. The molecule has 0 heterocycles. The molecule has 7 heteroatoms. The molecule has 6 nitrogen and oxygen atoms in total. The van der Waals surface area contributed by atoms with Crippen LogP contribution in [0.3, 0.4) is 0 Å². The summed E-state index contributed by atoms with van der Waals surface area (Å²) in [6.45, 7) is 1.31. The predicted molar refractivity (Wildman–Crippen MR) is 94.7 cm³/mol. The van der Waals surface area contributed by atoms with Crippen molar-refractivity contribution in [3.8, 4) is 6.07 Å². The molecule has 0 fully saturated rings. The summed E-state index contributed by atoms with van der Waals surface area (Å²) in [6, 6.07) is 14.7. The van der Waals surface area contributed by atoms with E-state index in [1.807, 2.05) is 36.4 Å². The minimum absolute atomic E-state index is 0.0595. The average molecular weight is 338 g/mol. The van der Waals surface area contributed by atoms with Crippen molar-refractivity contribution >= 4 is 39.8 Å². The van der Waals surface area contributed by atoms with Crippen LogP contribution in [-0.2, 0) is 4.79 Å². The van der Waals surface area contributed by atoms with Crippen molar-refractivity contribution in [2.75, 3.05) is 0 Å². The third-order valence-electron chi connectivity index (χ3n) is 3.08. The average Bonchev–Trinajstić information content (AvgIpc) is 2.59. The molecule has 0 aliphatic rings. The molecule has 0 bridgehead atoms. The third-order valence-corrected chi connectivity index (χ3v) is 3.30. The fraction of sp³-hybridized carbons (Fsp3) is 0.0588. The van der Waals surface area contributed by atoms with Crippen LogP contribution in [0.1, 0.15) is 17.3 Å². The fourth-order valence-corrected chi connectivity index (χ4v) is 2.06. The standard InChI is InChI=1S/C17H14N4O2S/c1-11(22)20-21-17(24)19-10-15(9-18)16(23)14-7-6-12-4-2-3-5-13(12)8-14/h2-8,10H,1H3,(H,20,22)(H2,19,21,24). The van der Waals surface area contributed by atoms with Crippen molar-refractivity contribution in [2.45, 2.75) is 6.92 Å². The molecule has 0 radical (unpaired) electrons. The van der Waals surface area contributed by atoms with Crippen molar-refractivity contribution in [3.63, 3.8) is 0 Å². The van der Waals surface area contributed by atoms with Gasteiger partial charge in [0.2, 0.25) is 11.7 Å². The highest BCUT2D eigenvalue weighted by Crippen LogP contribution is 2.17. The van der Waals surface area contributed by atoms with E-state index in [9.17, 15) is 14.9 Å². The number of hydrogen-bond donors (Lipinski definition) is 3.